The largest absolute Gasteiger partial charge is 0.384 e. The van der Waals surface area contributed by atoms with Crippen LogP contribution >= 0.6 is 0 Å². The molecule has 0 aliphatic rings. The molecule has 0 spiro atoms. The van der Waals surface area contributed by atoms with Gasteiger partial charge in [-0.05, 0) is 12.1 Å². The van der Waals surface area contributed by atoms with E-state index in [0.29, 0.717) is 5.82 Å². The van der Waals surface area contributed by atoms with Crippen molar-refractivity contribution in [3.63, 3.8) is 0 Å². The maximum absolute atomic E-state index is 5.66. The second-order valence-corrected chi connectivity index (χ2v) is 2.81. The van der Waals surface area contributed by atoms with Crippen molar-refractivity contribution >= 4 is 5.82 Å². The Hall–Kier alpha value is -1.84. The van der Waals surface area contributed by atoms with Crippen LogP contribution in [0.3, 0.4) is 0 Å². The van der Waals surface area contributed by atoms with Crippen molar-refractivity contribution in [2.24, 2.45) is 7.05 Å². The standard InChI is InChI=1S/C9H10N4/c1-13-9(10)6-8(12-13)7-2-4-11-5-3-7/h2-6H,10H2,1H3. The van der Waals surface area contributed by atoms with Crippen molar-refractivity contribution in [3.05, 3.63) is 30.6 Å². The summed E-state index contributed by atoms with van der Waals surface area (Å²) in [6.45, 7) is 0. The lowest BCUT2D eigenvalue weighted by molar-refractivity contribution is 0.782. The molecule has 66 valence electrons. The number of nitrogens with zero attached hydrogens (tertiary/aromatic N) is 3. The summed E-state index contributed by atoms with van der Waals surface area (Å²) < 4.78 is 1.65. The molecule has 0 saturated heterocycles. The van der Waals surface area contributed by atoms with Crippen molar-refractivity contribution in [2.75, 3.05) is 5.73 Å². The number of anilines is 1. The average molecular weight is 174 g/mol. The third-order valence-electron chi connectivity index (χ3n) is 1.89. The molecule has 2 aromatic rings. The number of pyridine rings is 1. The molecule has 4 heteroatoms. The predicted molar refractivity (Wildman–Crippen MR) is 50.9 cm³/mol. The molecular weight excluding hydrogens is 164 g/mol. The van der Waals surface area contributed by atoms with Gasteiger partial charge in [0.25, 0.3) is 0 Å². The van der Waals surface area contributed by atoms with E-state index >= 15 is 0 Å². The van der Waals surface area contributed by atoms with Gasteiger partial charge in [0.15, 0.2) is 0 Å². The van der Waals surface area contributed by atoms with Crippen LogP contribution in [0.4, 0.5) is 5.82 Å². The Kier molecular flexibility index (Phi) is 1.73. The number of nitrogens with two attached hydrogens (primary N) is 1. The zero-order valence-electron chi connectivity index (χ0n) is 7.31. The zero-order valence-corrected chi connectivity index (χ0v) is 7.31. The van der Waals surface area contributed by atoms with Gasteiger partial charge in [-0.3, -0.25) is 9.67 Å². The van der Waals surface area contributed by atoms with Crippen LogP contribution in [0.25, 0.3) is 11.3 Å². The minimum Gasteiger partial charge on any atom is -0.384 e. The highest BCUT2D eigenvalue weighted by Crippen LogP contribution is 2.18. The predicted octanol–water partition coefficient (Wildman–Crippen LogP) is 1.06. The van der Waals surface area contributed by atoms with E-state index in [1.54, 1.807) is 17.1 Å². The summed E-state index contributed by atoms with van der Waals surface area (Å²) in [5.41, 5.74) is 7.57. The van der Waals surface area contributed by atoms with Gasteiger partial charge in [-0.2, -0.15) is 5.10 Å². The number of aryl methyl sites for hydroxylation is 1. The number of aromatic nitrogens is 3. The van der Waals surface area contributed by atoms with Gasteiger partial charge in [0, 0.05) is 31.1 Å². The van der Waals surface area contributed by atoms with Crippen molar-refractivity contribution < 1.29 is 0 Å². The maximum atomic E-state index is 5.66. The maximum Gasteiger partial charge on any atom is 0.121 e. The Morgan fingerprint density at radius 3 is 2.54 bits per heavy atom. The first-order chi connectivity index (χ1) is 6.27. The lowest BCUT2D eigenvalue weighted by atomic mass is 10.2. The normalized spacial score (nSPS) is 10.2. The third-order valence-corrected chi connectivity index (χ3v) is 1.89. The summed E-state index contributed by atoms with van der Waals surface area (Å²) in [4.78, 5) is 3.93. The fourth-order valence-corrected chi connectivity index (χ4v) is 1.15. The molecular formula is C9H10N4. The summed E-state index contributed by atoms with van der Waals surface area (Å²) >= 11 is 0. The Bertz CT molecular complexity index is 385. The molecule has 2 aromatic heterocycles. The topological polar surface area (TPSA) is 56.7 Å². The van der Waals surface area contributed by atoms with Crippen molar-refractivity contribution in [2.45, 2.75) is 0 Å². The van der Waals surface area contributed by atoms with Crippen LogP contribution in [0.1, 0.15) is 0 Å². The summed E-state index contributed by atoms with van der Waals surface area (Å²) in [5.74, 6) is 0.659. The van der Waals surface area contributed by atoms with E-state index in [4.69, 9.17) is 5.73 Å². The Morgan fingerprint density at radius 2 is 2.00 bits per heavy atom. The average Bonchev–Trinajstić information content (AvgIpc) is 2.49. The van der Waals surface area contributed by atoms with Gasteiger partial charge in [0.1, 0.15) is 5.82 Å². The van der Waals surface area contributed by atoms with E-state index in [9.17, 15) is 0 Å². The van der Waals surface area contributed by atoms with Crippen LogP contribution < -0.4 is 5.73 Å². The van der Waals surface area contributed by atoms with Crippen LogP contribution in [0, 0.1) is 0 Å². The number of hydrogen-bond acceptors (Lipinski definition) is 3. The Morgan fingerprint density at radius 1 is 1.31 bits per heavy atom. The molecule has 0 aliphatic heterocycles. The molecule has 2 rings (SSSR count). The van der Waals surface area contributed by atoms with E-state index in [0.717, 1.165) is 11.3 Å². The molecule has 13 heavy (non-hydrogen) atoms. The van der Waals surface area contributed by atoms with Gasteiger partial charge in [0.2, 0.25) is 0 Å². The van der Waals surface area contributed by atoms with Gasteiger partial charge >= 0.3 is 0 Å². The summed E-state index contributed by atoms with van der Waals surface area (Å²) in [6, 6.07) is 5.65. The number of rotatable bonds is 1. The molecule has 0 radical (unpaired) electrons. The molecule has 0 aliphatic carbocycles. The molecule has 0 aromatic carbocycles. The monoisotopic (exact) mass is 174 g/mol. The van der Waals surface area contributed by atoms with E-state index in [1.165, 1.54) is 0 Å². The first kappa shape index (κ1) is 7.79. The lowest BCUT2D eigenvalue weighted by Crippen LogP contribution is -1.96. The van der Waals surface area contributed by atoms with Gasteiger partial charge < -0.3 is 5.73 Å². The molecule has 0 fully saturated rings. The number of nitrogen functional groups attached to an aromatic ring is 1. The molecule has 0 atom stereocenters. The Labute approximate surface area is 76.0 Å². The van der Waals surface area contributed by atoms with Gasteiger partial charge in [-0.25, -0.2) is 0 Å². The summed E-state index contributed by atoms with van der Waals surface area (Å²) in [7, 11) is 1.82. The summed E-state index contributed by atoms with van der Waals surface area (Å²) in [5, 5.41) is 4.24. The quantitative estimate of drug-likeness (QED) is 0.703. The highest BCUT2D eigenvalue weighted by molar-refractivity contribution is 5.61. The number of hydrogen-bond donors (Lipinski definition) is 1. The molecule has 0 saturated carbocycles. The molecule has 0 unspecified atom stereocenters. The Balaban J connectivity index is 2.48. The second kappa shape index (κ2) is 2.90. The fourth-order valence-electron chi connectivity index (χ4n) is 1.15. The van der Waals surface area contributed by atoms with Crippen LogP contribution in [0.15, 0.2) is 30.6 Å². The highest BCUT2D eigenvalue weighted by Gasteiger charge is 2.02. The molecule has 2 N–H and O–H groups in total. The van der Waals surface area contributed by atoms with E-state index in [-0.39, 0.29) is 0 Å². The van der Waals surface area contributed by atoms with Crippen LogP contribution in [-0.2, 0) is 7.05 Å². The lowest BCUT2D eigenvalue weighted by Gasteiger charge is -1.92. The summed E-state index contributed by atoms with van der Waals surface area (Å²) in [6.07, 6.45) is 3.47. The minimum absolute atomic E-state index is 0.659. The van der Waals surface area contributed by atoms with E-state index < -0.39 is 0 Å². The van der Waals surface area contributed by atoms with Gasteiger partial charge in [-0.1, -0.05) is 0 Å². The molecule has 0 amide bonds. The first-order valence-corrected chi connectivity index (χ1v) is 3.97. The first-order valence-electron chi connectivity index (χ1n) is 3.97. The fraction of sp³-hybridized carbons (Fsp3) is 0.111. The van der Waals surface area contributed by atoms with Crippen molar-refractivity contribution in [3.8, 4) is 11.3 Å². The van der Waals surface area contributed by atoms with Crippen LogP contribution in [0.2, 0.25) is 0 Å². The second-order valence-electron chi connectivity index (χ2n) is 2.81. The van der Waals surface area contributed by atoms with Crippen LogP contribution in [0.5, 0.6) is 0 Å². The smallest absolute Gasteiger partial charge is 0.121 e. The van der Waals surface area contributed by atoms with Gasteiger partial charge in [-0.15, -0.1) is 0 Å². The zero-order chi connectivity index (χ0) is 9.26. The van der Waals surface area contributed by atoms with Crippen molar-refractivity contribution in [1.82, 2.24) is 14.8 Å². The van der Waals surface area contributed by atoms with E-state index in [1.807, 2.05) is 25.2 Å². The van der Waals surface area contributed by atoms with Gasteiger partial charge in [0.05, 0.1) is 5.69 Å². The van der Waals surface area contributed by atoms with Crippen LogP contribution in [-0.4, -0.2) is 14.8 Å². The third kappa shape index (κ3) is 1.38. The minimum atomic E-state index is 0.659. The van der Waals surface area contributed by atoms with Crippen molar-refractivity contribution in [1.29, 1.82) is 0 Å². The highest BCUT2D eigenvalue weighted by atomic mass is 15.3. The molecule has 2 heterocycles. The SMILES string of the molecule is Cn1nc(-c2ccncc2)cc1N. The molecule has 4 nitrogen and oxygen atoms in total. The molecule has 0 bridgehead atoms. The van der Waals surface area contributed by atoms with E-state index in [2.05, 4.69) is 10.1 Å².